The minimum atomic E-state index is -0.917. The van der Waals surface area contributed by atoms with Crippen molar-refractivity contribution in [2.75, 3.05) is 41.5 Å². The number of benzene rings is 2. The lowest BCUT2D eigenvalue weighted by Gasteiger charge is -2.11. The summed E-state index contributed by atoms with van der Waals surface area (Å²) in [5.41, 5.74) is 1.32. The van der Waals surface area contributed by atoms with Crippen molar-refractivity contribution in [3.63, 3.8) is 0 Å². The number of hydrogen-bond acceptors (Lipinski definition) is 7. The number of aromatic nitrogens is 4. The monoisotopic (exact) mass is 455 g/mol. The van der Waals surface area contributed by atoms with Crippen molar-refractivity contribution < 1.29 is 23.0 Å². The van der Waals surface area contributed by atoms with Gasteiger partial charge in [0.25, 0.3) is 0 Å². The van der Waals surface area contributed by atoms with Gasteiger partial charge in [0, 0.05) is 24.4 Å². The van der Waals surface area contributed by atoms with Crippen molar-refractivity contribution in [2.24, 2.45) is 0 Å². The number of H-pyrrole nitrogens is 1. The summed E-state index contributed by atoms with van der Waals surface area (Å²) < 4.78 is 45.4. The van der Waals surface area contributed by atoms with Gasteiger partial charge in [-0.3, -0.25) is 5.10 Å². The Morgan fingerprint density at radius 1 is 1.00 bits per heavy atom. The normalized spacial score (nSPS) is 11.2. The van der Waals surface area contributed by atoms with Crippen LogP contribution >= 0.6 is 0 Å². The Bertz CT molecular complexity index is 1250. The van der Waals surface area contributed by atoms with E-state index in [0.717, 1.165) is 23.9 Å². The number of nitrogens with zero attached hydrogens (tertiary/aromatic N) is 4. The summed E-state index contributed by atoms with van der Waals surface area (Å²) in [7, 11) is 6.53. The zero-order chi connectivity index (χ0) is 23.5. The first-order valence-electron chi connectivity index (χ1n) is 10.1. The smallest absolute Gasteiger partial charge is 0.179 e. The topological polar surface area (TPSA) is 85.4 Å². The van der Waals surface area contributed by atoms with Crippen molar-refractivity contribution in [3.8, 4) is 39.9 Å². The fourth-order valence-electron chi connectivity index (χ4n) is 3.29. The number of halogens is 2. The average Bonchev–Trinajstić information content (AvgIpc) is 3.23. The number of ether oxygens (including phenoxy) is 3. The summed E-state index contributed by atoms with van der Waals surface area (Å²) in [6, 6.07) is 8.60. The molecule has 172 valence electrons. The molecule has 0 aliphatic rings. The van der Waals surface area contributed by atoms with Crippen LogP contribution in [0.25, 0.3) is 33.7 Å². The summed E-state index contributed by atoms with van der Waals surface area (Å²) in [6.45, 7) is 1.39. The molecule has 33 heavy (non-hydrogen) atoms. The van der Waals surface area contributed by atoms with Crippen LogP contribution in [0, 0.1) is 11.6 Å². The number of hydrogen-bond donors (Lipinski definition) is 1. The van der Waals surface area contributed by atoms with Gasteiger partial charge in [-0.1, -0.05) is 0 Å². The molecule has 0 spiro atoms. The van der Waals surface area contributed by atoms with Gasteiger partial charge in [0.2, 0.25) is 0 Å². The number of fused-ring (bicyclic) bond motifs is 1. The van der Waals surface area contributed by atoms with Crippen LogP contribution in [-0.2, 0) is 0 Å². The minimum Gasteiger partial charge on any atom is -0.494 e. The number of likely N-dealkylation sites (N-methyl/N-ethyl adjacent to an activating group) is 1. The van der Waals surface area contributed by atoms with Crippen molar-refractivity contribution in [1.82, 2.24) is 25.1 Å². The van der Waals surface area contributed by atoms with E-state index in [-0.39, 0.29) is 17.3 Å². The van der Waals surface area contributed by atoms with Crippen molar-refractivity contribution in [1.29, 1.82) is 0 Å². The SMILES string of the molecule is COc1cc(OC)c(F)c(-c2ncc3c(-c4ccc(OCCN(C)C)cc4)n[nH]c3n2)c1F. The van der Waals surface area contributed by atoms with E-state index in [2.05, 4.69) is 20.2 Å². The molecular formula is C23H23F2N5O3. The molecular weight excluding hydrogens is 432 g/mol. The maximum Gasteiger partial charge on any atom is 0.179 e. The van der Waals surface area contributed by atoms with Crippen LogP contribution in [0.2, 0.25) is 0 Å². The molecule has 1 N–H and O–H groups in total. The van der Waals surface area contributed by atoms with Crippen LogP contribution in [0.5, 0.6) is 17.2 Å². The van der Waals surface area contributed by atoms with Gasteiger partial charge in [-0.15, -0.1) is 0 Å². The molecule has 0 aliphatic carbocycles. The number of aromatic amines is 1. The first kappa shape index (κ1) is 22.4. The van der Waals surface area contributed by atoms with Crippen LogP contribution in [0.4, 0.5) is 8.78 Å². The largest absolute Gasteiger partial charge is 0.494 e. The number of rotatable bonds is 8. The Morgan fingerprint density at radius 2 is 1.67 bits per heavy atom. The van der Waals surface area contributed by atoms with Gasteiger partial charge in [0.15, 0.2) is 34.6 Å². The lowest BCUT2D eigenvalue weighted by molar-refractivity contribution is 0.261. The summed E-state index contributed by atoms with van der Waals surface area (Å²) >= 11 is 0. The van der Waals surface area contributed by atoms with Crippen LogP contribution in [0.15, 0.2) is 36.5 Å². The van der Waals surface area contributed by atoms with Gasteiger partial charge in [-0.2, -0.15) is 5.10 Å². The van der Waals surface area contributed by atoms with E-state index in [1.54, 1.807) is 0 Å². The molecule has 2 aromatic heterocycles. The van der Waals surface area contributed by atoms with E-state index in [9.17, 15) is 8.78 Å². The van der Waals surface area contributed by atoms with Gasteiger partial charge in [0.05, 0.1) is 25.2 Å². The van der Waals surface area contributed by atoms with Gasteiger partial charge in [-0.25, -0.2) is 18.7 Å². The van der Waals surface area contributed by atoms with Gasteiger partial charge >= 0.3 is 0 Å². The van der Waals surface area contributed by atoms with Gasteiger partial charge in [-0.05, 0) is 38.4 Å². The van der Waals surface area contributed by atoms with Crippen LogP contribution in [-0.4, -0.2) is 66.5 Å². The molecule has 2 aromatic carbocycles. The molecule has 0 bridgehead atoms. The van der Waals surface area contributed by atoms with E-state index in [1.807, 2.05) is 43.3 Å². The third-order valence-electron chi connectivity index (χ3n) is 5.05. The van der Waals surface area contributed by atoms with Crippen LogP contribution < -0.4 is 14.2 Å². The molecule has 0 saturated heterocycles. The summed E-state index contributed by atoms with van der Waals surface area (Å²) in [5, 5.41) is 7.73. The van der Waals surface area contributed by atoms with E-state index >= 15 is 0 Å². The Balaban J connectivity index is 1.67. The molecule has 0 saturated carbocycles. The van der Waals surface area contributed by atoms with E-state index in [1.165, 1.54) is 20.4 Å². The van der Waals surface area contributed by atoms with E-state index < -0.39 is 17.2 Å². The zero-order valence-electron chi connectivity index (χ0n) is 18.6. The quantitative estimate of drug-likeness (QED) is 0.431. The molecule has 0 amide bonds. The van der Waals surface area contributed by atoms with Crippen LogP contribution in [0.3, 0.4) is 0 Å². The summed E-state index contributed by atoms with van der Waals surface area (Å²) in [5.74, 6) is -1.60. The third kappa shape index (κ3) is 4.42. The highest BCUT2D eigenvalue weighted by Crippen LogP contribution is 2.37. The minimum absolute atomic E-state index is 0.158. The highest BCUT2D eigenvalue weighted by molar-refractivity contribution is 5.91. The lowest BCUT2D eigenvalue weighted by Crippen LogP contribution is -2.19. The average molecular weight is 455 g/mol. The van der Waals surface area contributed by atoms with Gasteiger partial charge < -0.3 is 19.1 Å². The first-order chi connectivity index (χ1) is 15.9. The summed E-state index contributed by atoms with van der Waals surface area (Å²) in [4.78, 5) is 10.5. The molecule has 2 heterocycles. The Labute approximate surface area is 189 Å². The molecule has 0 radical (unpaired) electrons. The Kier molecular flexibility index (Phi) is 6.36. The second kappa shape index (κ2) is 9.37. The van der Waals surface area contributed by atoms with Crippen molar-refractivity contribution in [2.45, 2.75) is 0 Å². The molecule has 0 atom stereocenters. The fourth-order valence-corrected chi connectivity index (χ4v) is 3.29. The third-order valence-corrected chi connectivity index (χ3v) is 5.05. The molecule has 0 aliphatic heterocycles. The predicted molar refractivity (Wildman–Crippen MR) is 120 cm³/mol. The highest BCUT2D eigenvalue weighted by Gasteiger charge is 2.24. The molecule has 4 rings (SSSR count). The van der Waals surface area contributed by atoms with Crippen LogP contribution in [0.1, 0.15) is 0 Å². The molecule has 4 aromatic rings. The van der Waals surface area contributed by atoms with Gasteiger partial charge in [0.1, 0.15) is 18.1 Å². The lowest BCUT2D eigenvalue weighted by atomic mass is 10.1. The second-order valence-electron chi connectivity index (χ2n) is 7.49. The van der Waals surface area contributed by atoms with Crippen molar-refractivity contribution >= 4 is 11.0 Å². The highest BCUT2D eigenvalue weighted by atomic mass is 19.1. The molecule has 0 fully saturated rings. The van der Waals surface area contributed by atoms with Crippen molar-refractivity contribution in [3.05, 3.63) is 48.2 Å². The maximum absolute atomic E-state index is 14.8. The number of nitrogens with one attached hydrogen (secondary N) is 1. The van der Waals surface area contributed by atoms with E-state index in [0.29, 0.717) is 23.3 Å². The first-order valence-corrected chi connectivity index (χ1v) is 10.1. The molecule has 0 unspecified atom stereocenters. The Morgan fingerprint density at radius 3 is 2.27 bits per heavy atom. The summed E-state index contributed by atoms with van der Waals surface area (Å²) in [6.07, 6.45) is 1.48. The molecule has 10 heteroatoms. The number of methoxy groups -OCH3 is 2. The molecule has 8 nitrogen and oxygen atoms in total. The zero-order valence-corrected chi connectivity index (χ0v) is 18.6. The standard InChI is InChI=1S/C23H23F2N5O3/c1-30(2)9-10-33-14-7-5-13(6-8-14)21-15-12-26-23(27-22(15)29-28-21)18-19(24)16(31-3)11-17(32-4)20(18)25/h5-8,11-12H,9-10H2,1-4H3,(H,26,27,28,29). The predicted octanol–water partition coefficient (Wildman–Crippen LogP) is 3.92. The maximum atomic E-state index is 14.8. The second-order valence-corrected chi connectivity index (χ2v) is 7.49. The Hall–Kier alpha value is -3.79. The fraction of sp³-hybridized carbons (Fsp3) is 0.261. The van der Waals surface area contributed by atoms with E-state index in [4.69, 9.17) is 14.2 Å².